The van der Waals surface area contributed by atoms with E-state index in [1.165, 1.54) is 11.1 Å². The second-order valence-corrected chi connectivity index (χ2v) is 2.66. The zero-order valence-corrected chi connectivity index (χ0v) is 6.25. The van der Waals surface area contributed by atoms with Crippen molar-refractivity contribution in [2.75, 3.05) is 0 Å². The average molecular weight is 141 g/mol. The quantitative estimate of drug-likeness (QED) is 0.527. The van der Waals surface area contributed by atoms with Gasteiger partial charge in [0.25, 0.3) is 0 Å². The van der Waals surface area contributed by atoms with Crippen molar-refractivity contribution < 1.29 is 0 Å². The first-order valence-electron chi connectivity index (χ1n) is 3.73. The van der Waals surface area contributed by atoms with Gasteiger partial charge in [-0.3, -0.25) is 0 Å². The van der Waals surface area contributed by atoms with Crippen molar-refractivity contribution in [3.05, 3.63) is 54.1 Å². The summed E-state index contributed by atoms with van der Waals surface area (Å²) in [5.74, 6) is 0.405. The minimum Gasteiger partial charge on any atom is -0.102 e. The molecule has 1 aliphatic rings. The van der Waals surface area contributed by atoms with Gasteiger partial charge in [0.2, 0.25) is 0 Å². The van der Waals surface area contributed by atoms with Gasteiger partial charge in [-0.05, 0) is 17.2 Å². The van der Waals surface area contributed by atoms with Gasteiger partial charge in [0, 0.05) is 5.92 Å². The number of hydrogen-bond acceptors (Lipinski definition) is 0. The highest BCUT2D eigenvalue weighted by Gasteiger charge is 2.12. The van der Waals surface area contributed by atoms with Crippen molar-refractivity contribution in [1.82, 2.24) is 0 Å². The van der Waals surface area contributed by atoms with Gasteiger partial charge in [0.05, 0.1) is 0 Å². The van der Waals surface area contributed by atoms with Crippen molar-refractivity contribution in [1.29, 1.82) is 0 Å². The molecule has 0 heterocycles. The highest BCUT2D eigenvalue weighted by Crippen LogP contribution is 2.29. The molecule has 1 aromatic rings. The van der Waals surface area contributed by atoms with Crippen LogP contribution in [-0.2, 0) is 0 Å². The van der Waals surface area contributed by atoms with Gasteiger partial charge in [0.1, 0.15) is 0 Å². The molecule has 1 unspecified atom stereocenters. The molecule has 1 radical (unpaired) electrons. The first kappa shape index (κ1) is 6.41. The summed E-state index contributed by atoms with van der Waals surface area (Å²) in [7, 11) is 0. The molecule has 0 nitrogen and oxygen atoms in total. The van der Waals surface area contributed by atoms with E-state index in [1.807, 2.05) is 18.2 Å². The smallest absolute Gasteiger partial charge is 0.0205 e. The van der Waals surface area contributed by atoms with Gasteiger partial charge in [-0.1, -0.05) is 36.4 Å². The van der Waals surface area contributed by atoms with E-state index in [2.05, 4.69) is 30.9 Å². The summed E-state index contributed by atoms with van der Waals surface area (Å²) in [6, 6.07) is 9.26. The maximum atomic E-state index is 3.78. The van der Waals surface area contributed by atoms with Crippen LogP contribution in [0.15, 0.2) is 36.9 Å². The largest absolute Gasteiger partial charge is 0.102 e. The Hall–Kier alpha value is -1.30. The Labute approximate surface area is 66.9 Å². The van der Waals surface area contributed by atoms with Crippen LogP contribution in [0.5, 0.6) is 0 Å². The molecule has 53 valence electrons. The number of allylic oxidation sites excluding steroid dienone is 2. The number of hydrogen-bond donors (Lipinski definition) is 0. The van der Waals surface area contributed by atoms with Gasteiger partial charge in [-0.15, -0.1) is 6.58 Å². The Morgan fingerprint density at radius 1 is 1.55 bits per heavy atom. The Morgan fingerprint density at radius 3 is 3.27 bits per heavy atom. The molecule has 0 saturated carbocycles. The lowest BCUT2D eigenvalue weighted by Crippen LogP contribution is -1.86. The maximum absolute atomic E-state index is 3.78. The summed E-state index contributed by atoms with van der Waals surface area (Å²) in [5, 5.41) is 0. The number of fused-ring (bicyclic) bond motifs is 1. The second kappa shape index (κ2) is 2.39. The zero-order chi connectivity index (χ0) is 7.68. The Bertz CT molecular complexity index is 308. The first-order chi connectivity index (χ1) is 5.42. The number of benzene rings is 1. The average Bonchev–Trinajstić information content (AvgIpc) is 2.47. The van der Waals surface area contributed by atoms with E-state index in [9.17, 15) is 0 Å². The van der Waals surface area contributed by atoms with Gasteiger partial charge in [-0.2, -0.15) is 0 Å². The third-order valence-corrected chi connectivity index (χ3v) is 2.01. The topological polar surface area (TPSA) is 0 Å². The summed E-state index contributed by atoms with van der Waals surface area (Å²) in [6.45, 7) is 3.78. The van der Waals surface area contributed by atoms with Crippen LogP contribution in [0.25, 0.3) is 6.08 Å². The van der Waals surface area contributed by atoms with E-state index in [-0.39, 0.29) is 0 Å². The first-order valence-corrected chi connectivity index (χ1v) is 3.73. The molecule has 0 N–H and O–H groups in total. The van der Waals surface area contributed by atoms with Gasteiger partial charge in [0.15, 0.2) is 0 Å². The lowest BCUT2D eigenvalue weighted by atomic mass is 10.0. The fourth-order valence-electron chi connectivity index (χ4n) is 1.41. The second-order valence-electron chi connectivity index (χ2n) is 2.66. The molecule has 1 aliphatic carbocycles. The van der Waals surface area contributed by atoms with Crippen molar-refractivity contribution in [2.24, 2.45) is 0 Å². The van der Waals surface area contributed by atoms with Crippen LogP contribution < -0.4 is 0 Å². The normalized spacial score (nSPS) is 19.8. The zero-order valence-electron chi connectivity index (χ0n) is 6.25. The molecular formula is C11H9. The van der Waals surface area contributed by atoms with E-state index >= 15 is 0 Å². The summed E-state index contributed by atoms with van der Waals surface area (Å²) in [4.78, 5) is 0. The molecule has 1 aromatic carbocycles. The lowest BCUT2D eigenvalue weighted by Gasteiger charge is -2.02. The van der Waals surface area contributed by atoms with E-state index in [0.717, 1.165) is 0 Å². The SMILES string of the molecule is C=CC1C=Cc2[c]cccc21. The van der Waals surface area contributed by atoms with Crippen LogP contribution in [0.4, 0.5) is 0 Å². The minimum atomic E-state index is 0.405. The molecule has 1 atom stereocenters. The van der Waals surface area contributed by atoms with Crippen LogP contribution in [0.3, 0.4) is 0 Å². The van der Waals surface area contributed by atoms with Crippen molar-refractivity contribution >= 4 is 6.08 Å². The van der Waals surface area contributed by atoms with Crippen molar-refractivity contribution in [2.45, 2.75) is 5.92 Å². The Morgan fingerprint density at radius 2 is 2.45 bits per heavy atom. The van der Waals surface area contributed by atoms with Gasteiger partial charge >= 0.3 is 0 Å². The molecule has 0 bridgehead atoms. The molecule has 0 spiro atoms. The molecule has 2 rings (SSSR count). The highest BCUT2D eigenvalue weighted by atomic mass is 14.2. The third-order valence-electron chi connectivity index (χ3n) is 2.01. The molecule has 0 amide bonds. The van der Waals surface area contributed by atoms with E-state index in [4.69, 9.17) is 0 Å². The number of rotatable bonds is 1. The monoisotopic (exact) mass is 141 g/mol. The molecule has 11 heavy (non-hydrogen) atoms. The summed E-state index contributed by atoms with van der Waals surface area (Å²) in [5.41, 5.74) is 2.53. The fourth-order valence-corrected chi connectivity index (χ4v) is 1.41. The van der Waals surface area contributed by atoms with Gasteiger partial charge in [-0.25, -0.2) is 0 Å². The van der Waals surface area contributed by atoms with Crippen LogP contribution in [0.1, 0.15) is 17.0 Å². The summed E-state index contributed by atoms with van der Waals surface area (Å²) < 4.78 is 0. The van der Waals surface area contributed by atoms with E-state index in [1.54, 1.807) is 0 Å². The van der Waals surface area contributed by atoms with Crippen molar-refractivity contribution in [3.63, 3.8) is 0 Å². The lowest BCUT2D eigenvalue weighted by molar-refractivity contribution is 1.12. The van der Waals surface area contributed by atoms with Crippen molar-refractivity contribution in [3.8, 4) is 0 Å². The molecule has 0 fully saturated rings. The molecule has 0 saturated heterocycles. The predicted molar refractivity (Wildman–Crippen MR) is 47.3 cm³/mol. The summed E-state index contributed by atoms with van der Waals surface area (Å²) in [6.07, 6.45) is 6.20. The highest BCUT2D eigenvalue weighted by molar-refractivity contribution is 5.62. The molecule has 0 heteroatoms. The molecule has 0 aromatic heterocycles. The summed E-state index contributed by atoms with van der Waals surface area (Å²) >= 11 is 0. The fraction of sp³-hybridized carbons (Fsp3) is 0.0909. The van der Waals surface area contributed by atoms with Crippen LogP contribution in [-0.4, -0.2) is 0 Å². The van der Waals surface area contributed by atoms with Crippen LogP contribution in [0, 0.1) is 6.07 Å². The Balaban J connectivity index is 2.53. The minimum absolute atomic E-state index is 0.405. The molecule has 0 aliphatic heterocycles. The molecular weight excluding hydrogens is 132 g/mol. The van der Waals surface area contributed by atoms with Gasteiger partial charge < -0.3 is 0 Å². The van der Waals surface area contributed by atoms with E-state index < -0.39 is 0 Å². The predicted octanol–water partition coefficient (Wildman–Crippen LogP) is 2.78. The van der Waals surface area contributed by atoms with Crippen LogP contribution >= 0.6 is 0 Å². The van der Waals surface area contributed by atoms with Crippen LogP contribution in [0.2, 0.25) is 0 Å². The standard InChI is InChI=1S/C11H9/c1-2-9-7-8-10-5-3-4-6-11(9)10/h2-4,6-9H,1H2. The van der Waals surface area contributed by atoms with E-state index in [0.29, 0.717) is 5.92 Å². The maximum Gasteiger partial charge on any atom is 0.0205 e. The Kier molecular flexibility index (Phi) is 1.39. The third kappa shape index (κ3) is 0.911.